The highest BCUT2D eigenvalue weighted by atomic mass is 16.5. The van der Waals surface area contributed by atoms with E-state index in [1.54, 1.807) is 24.3 Å². The molecule has 5 heteroatoms. The van der Waals surface area contributed by atoms with Gasteiger partial charge < -0.3 is 15.0 Å². The Labute approximate surface area is 160 Å². The van der Waals surface area contributed by atoms with E-state index in [4.69, 9.17) is 4.74 Å². The van der Waals surface area contributed by atoms with Crippen molar-refractivity contribution in [2.45, 2.75) is 32.7 Å². The molecule has 1 aliphatic rings. The lowest BCUT2D eigenvalue weighted by Crippen LogP contribution is -2.45. The van der Waals surface area contributed by atoms with Crippen LogP contribution in [-0.4, -0.2) is 43.0 Å². The van der Waals surface area contributed by atoms with Crippen LogP contribution in [-0.2, 0) is 4.74 Å². The summed E-state index contributed by atoms with van der Waals surface area (Å²) < 4.78 is 4.74. The van der Waals surface area contributed by atoms with Crippen LogP contribution in [0.3, 0.4) is 0 Å². The third-order valence-electron chi connectivity index (χ3n) is 5.12. The van der Waals surface area contributed by atoms with Gasteiger partial charge in [-0.3, -0.25) is 4.79 Å². The smallest absolute Gasteiger partial charge is 0.337 e. The predicted molar refractivity (Wildman–Crippen MR) is 106 cm³/mol. The van der Waals surface area contributed by atoms with Gasteiger partial charge in [0, 0.05) is 30.4 Å². The number of benzene rings is 2. The molecule has 1 heterocycles. The Balaban J connectivity index is 1.69. The quantitative estimate of drug-likeness (QED) is 0.836. The third kappa shape index (κ3) is 4.48. The molecule has 0 radical (unpaired) electrons. The van der Waals surface area contributed by atoms with Gasteiger partial charge in [0.2, 0.25) is 0 Å². The van der Waals surface area contributed by atoms with Crippen LogP contribution in [0.4, 0.5) is 5.69 Å². The lowest BCUT2D eigenvalue weighted by atomic mass is 10.0. The maximum Gasteiger partial charge on any atom is 0.337 e. The van der Waals surface area contributed by atoms with Gasteiger partial charge in [-0.2, -0.15) is 0 Å². The Morgan fingerprint density at radius 2 is 1.85 bits per heavy atom. The highest BCUT2D eigenvalue weighted by molar-refractivity contribution is 5.98. The minimum absolute atomic E-state index is 0.0488. The van der Waals surface area contributed by atoms with Crippen molar-refractivity contribution in [1.29, 1.82) is 0 Å². The number of nitrogens with zero attached hydrogens (tertiary/aromatic N) is 1. The molecular formula is C22H26N2O3. The summed E-state index contributed by atoms with van der Waals surface area (Å²) >= 11 is 0. The first-order valence-electron chi connectivity index (χ1n) is 9.29. The Hall–Kier alpha value is -2.82. The second-order valence-corrected chi connectivity index (χ2v) is 7.11. The van der Waals surface area contributed by atoms with E-state index in [-0.39, 0.29) is 11.9 Å². The molecule has 1 aliphatic heterocycles. The van der Waals surface area contributed by atoms with Gasteiger partial charge in [-0.15, -0.1) is 0 Å². The first-order valence-corrected chi connectivity index (χ1v) is 9.29. The number of carbonyl (C=O) groups is 2. The van der Waals surface area contributed by atoms with E-state index in [9.17, 15) is 9.59 Å². The van der Waals surface area contributed by atoms with Crippen molar-refractivity contribution in [3.8, 4) is 0 Å². The summed E-state index contributed by atoms with van der Waals surface area (Å²) in [6.45, 7) is 5.58. The van der Waals surface area contributed by atoms with Crippen LogP contribution < -0.4 is 5.32 Å². The summed E-state index contributed by atoms with van der Waals surface area (Å²) in [5.74, 6) is -0.482. The first-order chi connectivity index (χ1) is 13.0. The summed E-state index contributed by atoms with van der Waals surface area (Å²) in [6.07, 6.45) is 1.98. The summed E-state index contributed by atoms with van der Waals surface area (Å²) in [6, 6.07) is 13.3. The summed E-state index contributed by atoms with van der Waals surface area (Å²) in [5, 5.41) is 3.56. The van der Waals surface area contributed by atoms with Crippen molar-refractivity contribution in [3.05, 3.63) is 64.7 Å². The number of hydrogen-bond donors (Lipinski definition) is 1. The summed E-state index contributed by atoms with van der Waals surface area (Å²) in [7, 11) is 1.34. The van der Waals surface area contributed by atoms with Crippen molar-refractivity contribution in [3.63, 3.8) is 0 Å². The molecule has 1 saturated heterocycles. The Morgan fingerprint density at radius 1 is 1.07 bits per heavy atom. The Bertz CT molecular complexity index is 847. The van der Waals surface area contributed by atoms with E-state index in [0.717, 1.165) is 25.1 Å². The number of ether oxygens (including phenoxy) is 1. The zero-order valence-corrected chi connectivity index (χ0v) is 16.1. The maximum atomic E-state index is 12.9. The molecule has 0 aliphatic carbocycles. The number of likely N-dealkylation sites (tertiary alicyclic amines) is 1. The molecule has 5 nitrogen and oxygen atoms in total. The molecule has 2 aromatic carbocycles. The van der Waals surface area contributed by atoms with E-state index in [1.807, 2.05) is 4.90 Å². The molecule has 1 N–H and O–H groups in total. The van der Waals surface area contributed by atoms with Gasteiger partial charge in [0.25, 0.3) is 5.91 Å². The molecular weight excluding hydrogens is 340 g/mol. The number of anilines is 1. The second-order valence-electron chi connectivity index (χ2n) is 7.11. The first kappa shape index (κ1) is 19.0. The Morgan fingerprint density at radius 3 is 2.59 bits per heavy atom. The Kier molecular flexibility index (Phi) is 5.79. The van der Waals surface area contributed by atoms with Crippen molar-refractivity contribution in [2.75, 3.05) is 25.5 Å². The fraction of sp³-hybridized carbons (Fsp3) is 0.364. The molecule has 1 amide bonds. The van der Waals surface area contributed by atoms with E-state index in [1.165, 1.54) is 18.2 Å². The van der Waals surface area contributed by atoms with Gasteiger partial charge >= 0.3 is 5.97 Å². The zero-order chi connectivity index (χ0) is 19.4. The number of esters is 1. The molecule has 0 spiro atoms. The van der Waals surface area contributed by atoms with Crippen LogP contribution in [0.25, 0.3) is 0 Å². The predicted octanol–water partition coefficient (Wildman–Crippen LogP) is 3.81. The van der Waals surface area contributed by atoms with E-state index < -0.39 is 5.97 Å². The number of nitrogens with one attached hydrogen (secondary N) is 1. The molecule has 1 fully saturated rings. The molecule has 0 saturated carbocycles. The molecule has 142 valence electrons. The number of methoxy groups -OCH3 is 1. The summed E-state index contributed by atoms with van der Waals surface area (Å²) in [5.41, 5.74) is 4.52. The zero-order valence-electron chi connectivity index (χ0n) is 16.1. The molecule has 2 aromatic rings. The lowest BCUT2D eigenvalue weighted by molar-refractivity contribution is 0.0600. The number of carbonyl (C=O) groups excluding carboxylic acids is 2. The standard InChI is InChI=1S/C22H26N2O3/c1-15-9-10-19(12-16(15)2)23-20-8-5-11-24(14-20)21(25)17-6-4-7-18(13-17)22(26)27-3/h4,6-7,9-10,12-13,20,23H,5,8,11,14H2,1-3H3/t20-/m1/s1. The molecule has 0 unspecified atom stereocenters. The van der Waals surface area contributed by atoms with Crippen molar-refractivity contribution >= 4 is 17.6 Å². The monoisotopic (exact) mass is 366 g/mol. The van der Waals surface area contributed by atoms with E-state index in [2.05, 4.69) is 37.4 Å². The number of aryl methyl sites for hydroxylation is 2. The van der Waals surface area contributed by atoms with Crippen LogP contribution in [0.2, 0.25) is 0 Å². The summed E-state index contributed by atoms with van der Waals surface area (Å²) in [4.78, 5) is 26.5. The fourth-order valence-electron chi connectivity index (χ4n) is 3.43. The second kappa shape index (κ2) is 8.25. The van der Waals surface area contributed by atoms with E-state index in [0.29, 0.717) is 17.7 Å². The van der Waals surface area contributed by atoms with Crippen LogP contribution >= 0.6 is 0 Å². The number of hydrogen-bond acceptors (Lipinski definition) is 4. The molecule has 0 aromatic heterocycles. The van der Waals surface area contributed by atoms with Crippen LogP contribution in [0, 0.1) is 13.8 Å². The van der Waals surface area contributed by atoms with Gasteiger partial charge in [-0.25, -0.2) is 4.79 Å². The maximum absolute atomic E-state index is 12.9. The molecule has 3 rings (SSSR count). The van der Waals surface area contributed by atoms with Gasteiger partial charge in [0.05, 0.1) is 12.7 Å². The van der Waals surface area contributed by atoms with Crippen LogP contribution in [0.5, 0.6) is 0 Å². The SMILES string of the molecule is COC(=O)c1cccc(C(=O)N2CCC[C@@H](Nc3ccc(C)c(C)c3)C2)c1. The average Bonchev–Trinajstić information content (AvgIpc) is 2.70. The minimum Gasteiger partial charge on any atom is -0.465 e. The van der Waals surface area contributed by atoms with Crippen LogP contribution in [0.1, 0.15) is 44.7 Å². The molecule has 27 heavy (non-hydrogen) atoms. The van der Waals surface area contributed by atoms with Crippen molar-refractivity contribution < 1.29 is 14.3 Å². The van der Waals surface area contributed by atoms with Crippen LogP contribution in [0.15, 0.2) is 42.5 Å². The topological polar surface area (TPSA) is 58.6 Å². The molecule has 0 bridgehead atoms. The fourth-order valence-corrected chi connectivity index (χ4v) is 3.43. The van der Waals surface area contributed by atoms with Gasteiger partial charge in [0.1, 0.15) is 0 Å². The third-order valence-corrected chi connectivity index (χ3v) is 5.12. The number of rotatable bonds is 4. The van der Waals surface area contributed by atoms with E-state index >= 15 is 0 Å². The highest BCUT2D eigenvalue weighted by Crippen LogP contribution is 2.20. The van der Waals surface area contributed by atoms with Crippen molar-refractivity contribution in [2.24, 2.45) is 0 Å². The van der Waals surface area contributed by atoms with Gasteiger partial charge in [0.15, 0.2) is 0 Å². The van der Waals surface area contributed by atoms with Gasteiger partial charge in [-0.1, -0.05) is 12.1 Å². The normalized spacial score (nSPS) is 16.7. The largest absolute Gasteiger partial charge is 0.465 e. The number of amides is 1. The molecule has 1 atom stereocenters. The van der Waals surface area contributed by atoms with Gasteiger partial charge in [-0.05, 0) is 68.1 Å². The average molecular weight is 366 g/mol. The number of piperidine rings is 1. The highest BCUT2D eigenvalue weighted by Gasteiger charge is 2.25. The van der Waals surface area contributed by atoms with Crippen molar-refractivity contribution in [1.82, 2.24) is 4.90 Å². The lowest BCUT2D eigenvalue weighted by Gasteiger charge is -2.34. The minimum atomic E-state index is -0.433.